The molecule has 9 heteroatoms. The van der Waals surface area contributed by atoms with E-state index in [0.29, 0.717) is 19.7 Å². The summed E-state index contributed by atoms with van der Waals surface area (Å²) in [6.07, 6.45) is 8.11. The molecule has 6 nitrogen and oxygen atoms in total. The largest absolute Gasteiger partial charge is 0.488 e. The number of rotatable bonds is 6. The van der Waals surface area contributed by atoms with Gasteiger partial charge in [0.25, 0.3) is 5.91 Å². The lowest BCUT2D eigenvalue weighted by Crippen LogP contribution is -2.49. The van der Waals surface area contributed by atoms with Crippen molar-refractivity contribution in [2.75, 3.05) is 19.7 Å². The zero-order valence-electron chi connectivity index (χ0n) is 16.7. The van der Waals surface area contributed by atoms with E-state index in [0.717, 1.165) is 53.8 Å². The van der Waals surface area contributed by atoms with E-state index in [1.807, 2.05) is 4.72 Å². The second-order valence-corrected chi connectivity index (χ2v) is 11.7. The number of nitrogens with zero attached hydrogens (tertiary/aromatic N) is 1. The maximum absolute atomic E-state index is 14.7. The van der Waals surface area contributed by atoms with Crippen molar-refractivity contribution < 1.29 is 22.3 Å². The molecule has 5 fully saturated rings. The van der Waals surface area contributed by atoms with Crippen LogP contribution in [0.2, 0.25) is 5.02 Å². The number of carbonyl (C=O) groups is 1. The zero-order chi connectivity index (χ0) is 21.1. The number of halogens is 2. The van der Waals surface area contributed by atoms with E-state index < -0.39 is 21.9 Å². The Morgan fingerprint density at radius 2 is 1.77 bits per heavy atom. The van der Waals surface area contributed by atoms with E-state index in [-0.39, 0.29) is 21.8 Å². The first-order valence-electron chi connectivity index (χ1n) is 10.7. The Labute approximate surface area is 181 Å². The zero-order valence-corrected chi connectivity index (χ0v) is 18.3. The van der Waals surface area contributed by atoms with Gasteiger partial charge in [0.15, 0.2) is 11.6 Å². The molecule has 1 amide bonds. The molecule has 4 bridgehead atoms. The molecule has 1 N–H and O–H groups in total. The Morgan fingerprint density at radius 1 is 1.17 bits per heavy atom. The SMILES string of the molecule is O=C(NS(=O)(=O)N1CCC1)c1cc(F)c(OCC23CC4CC(CC(C4)C2)C3)c(Cl)c1. The molecule has 1 aromatic rings. The van der Waals surface area contributed by atoms with Crippen LogP contribution >= 0.6 is 11.6 Å². The van der Waals surface area contributed by atoms with Crippen molar-refractivity contribution in [3.63, 3.8) is 0 Å². The van der Waals surface area contributed by atoms with Crippen molar-refractivity contribution in [2.24, 2.45) is 23.2 Å². The van der Waals surface area contributed by atoms with Gasteiger partial charge in [-0.3, -0.25) is 4.79 Å². The minimum atomic E-state index is -3.91. The van der Waals surface area contributed by atoms with Crippen molar-refractivity contribution in [3.8, 4) is 5.75 Å². The minimum absolute atomic E-state index is 0.0220. The van der Waals surface area contributed by atoms with Crippen LogP contribution in [0.25, 0.3) is 0 Å². The Hall–Kier alpha value is -1.38. The van der Waals surface area contributed by atoms with E-state index in [4.69, 9.17) is 16.3 Å². The molecule has 164 valence electrons. The number of carbonyl (C=O) groups excluding carboxylic acids is 1. The van der Waals surface area contributed by atoms with Crippen molar-refractivity contribution >= 4 is 27.7 Å². The van der Waals surface area contributed by atoms with Crippen molar-refractivity contribution in [1.82, 2.24) is 9.03 Å². The van der Waals surface area contributed by atoms with E-state index in [1.165, 1.54) is 25.3 Å². The molecule has 0 unspecified atom stereocenters. The third kappa shape index (κ3) is 3.71. The van der Waals surface area contributed by atoms with Crippen LogP contribution in [0.3, 0.4) is 0 Å². The molecule has 4 aliphatic carbocycles. The highest BCUT2D eigenvalue weighted by molar-refractivity contribution is 7.87. The molecule has 6 rings (SSSR count). The van der Waals surface area contributed by atoms with Gasteiger partial charge in [-0.15, -0.1) is 0 Å². The lowest BCUT2D eigenvalue weighted by molar-refractivity contribution is -0.0749. The number of hydrogen-bond donors (Lipinski definition) is 1. The summed E-state index contributed by atoms with van der Waals surface area (Å²) >= 11 is 6.23. The Morgan fingerprint density at radius 3 is 2.27 bits per heavy atom. The van der Waals surface area contributed by atoms with Crippen LogP contribution < -0.4 is 9.46 Å². The van der Waals surface area contributed by atoms with Crippen LogP contribution in [0.1, 0.15) is 55.3 Å². The second kappa shape index (κ2) is 7.35. The number of nitrogens with one attached hydrogen (secondary N) is 1. The molecule has 1 saturated heterocycles. The number of benzene rings is 1. The summed E-state index contributed by atoms with van der Waals surface area (Å²) in [6, 6.07) is 2.25. The highest BCUT2D eigenvalue weighted by Gasteiger charge is 2.51. The van der Waals surface area contributed by atoms with Crippen LogP contribution in [-0.4, -0.2) is 38.3 Å². The van der Waals surface area contributed by atoms with Gasteiger partial charge in [-0.1, -0.05) is 11.6 Å². The first-order valence-corrected chi connectivity index (χ1v) is 12.5. The quantitative estimate of drug-likeness (QED) is 0.707. The molecule has 0 aromatic heterocycles. The van der Waals surface area contributed by atoms with Gasteiger partial charge in [-0.2, -0.15) is 12.7 Å². The Balaban J connectivity index is 1.28. The van der Waals surface area contributed by atoms with Gasteiger partial charge < -0.3 is 4.74 Å². The van der Waals surface area contributed by atoms with Gasteiger partial charge >= 0.3 is 10.2 Å². The third-order valence-corrected chi connectivity index (χ3v) is 9.09. The van der Waals surface area contributed by atoms with Gasteiger partial charge in [-0.05, 0) is 74.8 Å². The molecular weight excluding hydrogens is 431 g/mol. The van der Waals surface area contributed by atoms with Crippen LogP contribution in [-0.2, 0) is 10.2 Å². The van der Waals surface area contributed by atoms with Gasteiger partial charge in [-0.25, -0.2) is 9.11 Å². The Kier molecular flexibility index (Phi) is 5.02. The van der Waals surface area contributed by atoms with Crippen molar-refractivity contribution in [1.29, 1.82) is 0 Å². The van der Waals surface area contributed by atoms with E-state index in [2.05, 4.69) is 0 Å². The number of amides is 1. The first kappa shape index (κ1) is 20.5. The molecule has 30 heavy (non-hydrogen) atoms. The average molecular weight is 457 g/mol. The molecule has 1 aromatic carbocycles. The highest BCUT2D eigenvalue weighted by Crippen LogP contribution is 2.60. The fourth-order valence-corrected chi connectivity index (χ4v) is 7.77. The summed E-state index contributed by atoms with van der Waals surface area (Å²) in [5, 5.41) is -0.0220. The summed E-state index contributed by atoms with van der Waals surface area (Å²) in [5.74, 6) is 0.572. The maximum atomic E-state index is 14.7. The van der Waals surface area contributed by atoms with E-state index in [9.17, 15) is 17.6 Å². The molecule has 0 radical (unpaired) electrons. The summed E-state index contributed by atoms with van der Waals surface area (Å²) in [5.41, 5.74) is -0.0463. The molecular formula is C21H26ClFN2O4S. The van der Waals surface area contributed by atoms with Gasteiger partial charge in [0.1, 0.15) is 0 Å². The highest BCUT2D eigenvalue weighted by atomic mass is 35.5. The monoisotopic (exact) mass is 456 g/mol. The van der Waals surface area contributed by atoms with Crippen molar-refractivity contribution in [3.05, 3.63) is 28.5 Å². The standard InChI is InChI=1S/C21H26ClFN2O4S/c22-17-7-16(20(26)24-30(27,28)25-2-1-3-25)8-18(23)19(17)29-12-21-9-13-4-14(10-21)6-15(5-13)11-21/h7-8,13-15H,1-6,9-12H2,(H,24,26). The maximum Gasteiger partial charge on any atom is 0.304 e. The summed E-state index contributed by atoms with van der Waals surface area (Å²) in [6.45, 7) is 1.17. The predicted molar refractivity (Wildman–Crippen MR) is 110 cm³/mol. The molecule has 4 saturated carbocycles. The normalized spacial score (nSPS) is 32.7. The Bertz CT molecular complexity index is 921. The molecule has 1 heterocycles. The molecule has 5 aliphatic rings. The molecule has 0 spiro atoms. The average Bonchev–Trinajstić information content (AvgIpc) is 2.57. The van der Waals surface area contributed by atoms with Gasteiger partial charge in [0, 0.05) is 24.1 Å². The van der Waals surface area contributed by atoms with Crippen LogP contribution in [0.5, 0.6) is 5.75 Å². The van der Waals surface area contributed by atoms with Crippen LogP contribution in [0, 0.1) is 29.0 Å². The summed E-state index contributed by atoms with van der Waals surface area (Å²) in [7, 11) is -3.91. The summed E-state index contributed by atoms with van der Waals surface area (Å²) in [4.78, 5) is 12.3. The smallest absolute Gasteiger partial charge is 0.304 e. The second-order valence-electron chi connectivity index (χ2n) is 9.66. The van der Waals surface area contributed by atoms with Crippen molar-refractivity contribution in [2.45, 2.75) is 44.9 Å². The third-order valence-electron chi connectivity index (χ3n) is 7.32. The fraction of sp³-hybridized carbons (Fsp3) is 0.667. The van der Waals surface area contributed by atoms with Crippen LogP contribution in [0.4, 0.5) is 4.39 Å². The fourth-order valence-electron chi connectivity index (χ4n) is 6.29. The van der Waals surface area contributed by atoms with Crippen LogP contribution in [0.15, 0.2) is 12.1 Å². The lowest BCUT2D eigenvalue weighted by atomic mass is 9.50. The van der Waals surface area contributed by atoms with Gasteiger partial charge in [0.05, 0.1) is 11.6 Å². The first-order chi connectivity index (χ1) is 14.2. The lowest BCUT2D eigenvalue weighted by Gasteiger charge is -2.56. The predicted octanol–water partition coefficient (Wildman–Crippen LogP) is 3.75. The summed E-state index contributed by atoms with van der Waals surface area (Å²) < 4.78 is 47.9. The molecule has 1 aliphatic heterocycles. The van der Waals surface area contributed by atoms with E-state index >= 15 is 0 Å². The minimum Gasteiger partial charge on any atom is -0.488 e. The molecule has 0 atom stereocenters. The van der Waals surface area contributed by atoms with E-state index in [1.54, 1.807) is 0 Å². The number of hydrogen-bond acceptors (Lipinski definition) is 4. The van der Waals surface area contributed by atoms with Gasteiger partial charge in [0.2, 0.25) is 0 Å². The number of ether oxygens (including phenoxy) is 1. The topological polar surface area (TPSA) is 75.7 Å².